The van der Waals surface area contributed by atoms with Crippen LogP contribution in [0.15, 0.2) is 48.5 Å². The van der Waals surface area contributed by atoms with Gasteiger partial charge in [-0.25, -0.2) is 0 Å². The van der Waals surface area contributed by atoms with E-state index >= 15 is 0 Å². The van der Waals surface area contributed by atoms with Crippen molar-refractivity contribution in [3.8, 4) is 5.75 Å². The lowest BCUT2D eigenvalue weighted by Crippen LogP contribution is -2.51. The lowest BCUT2D eigenvalue weighted by atomic mass is 10.0. The SMILES string of the molecule is N[C@H]1CCNC(=O)CC[C@@H](C(=O)NCc2ccccc2CC(=O)O)NC(=O)C[C@H](Cc2ccc(O)cc2)NC1=O. The lowest BCUT2D eigenvalue weighted by Gasteiger charge is -2.24. The summed E-state index contributed by atoms with van der Waals surface area (Å²) in [5.74, 6) is -2.79. The van der Waals surface area contributed by atoms with Crippen LogP contribution < -0.4 is 27.0 Å². The summed E-state index contributed by atoms with van der Waals surface area (Å²) in [7, 11) is 0. The molecule has 1 aliphatic rings. The number of aliphatic carboxylic acids is 1. The minimum Gasteiger partial charge on any atom is -0.508 e. The molecule has 1 fully saturated rings. The van der Waals surface area contributed by atoms with Gasteiger partial charge in [-0.2, -0.15) is 0 Å². The smallest absolute Gasteiger partial charge is 0.307 e. The lowest BCUT2D eigenvalue weighted by molar-refractivity contribution is -0.136. The number of phenols is 1. The first-order chi connectivity index (χ1) is 19.1. The van der Waals surface area contributed by atoms with Crippen molar-refractivity contribution in [3.05, 3.63) is 65.2 Å². The maximum atomic E-state index is 13.1. The summed E-state index contributed by atoms with van der Waals surface area (Å²) in [4.78, 5) is 62.4. The fraction of sp³-hybridized carbons (Fsp3) is 0.393. The van der Waals surface area contributed by atoms with Gasteiger partial charge in [0.15, 0.2) is 0 Å². The summed E-state index contributed by atoms with van der Waals surface area (Å²) >= 11 is 0. The molecule has 0 aliphatic carbocycles. The highest BCUT2D eigenvalue weighted by atomic mass is 16.4. The maximum absolute atomic E-state index is 13.1. The van der Waals surface area contributed by atoms with E-state index in [2.05, 4.69) is 21.3 Å². The molecule has 2 aromatic rings. The van der Waals surface area contributed by atoms with Gasteiger partial charge in [0.05, 0.1) is 12.5 Å². The van der Waals surface area contributed by atoms with Gasteiger partial charge in [0.2, 0.25) is 23.6 Å². The molecule has 3 atom stereocenters. The molecule has 1 saturated heterocycles. The average Bonchev–Trinajstić information content (AvgIpc) is 2.90. The normalized spacial score (nSPS) is 20.8. The molecule has 8 N–H and O–H groups in total. The topological polar surface area (TPSA) is 200 Å². The molecule has 12 heteroatoms. The Labute approximate surface area is 231 Å². The number of aromatic hydroxyl groups is 1. The van der Waals surface area contributed by atoms with Crippen molar-refractivity contribution in [2.45, 2.75) is 63.2 Å². The molecule has 12 nitrogen and oxygen atoms in total. The number of benzene rings is 2. The van der Waals surface area contributed by atoms with Crippen LogP contribution in [0.5, 0.6) is 5.75 Å². The minimum absolute atomic E-state index is 0.0290. The van der Waals surface area contributed by atoms with Gasteiger partial charge in [0.1, 0.15) is 11.8 Å². The molecule has 0 radical (unpaired) electrons. The Balaban J connectivity index is 1.74. The van der Waals surface area contributed by atoms with Crippen molar-refractivity contribution in [1.82, 2.24) is 21.3 Å². The van der Waals surface area contributed by atoms with E-state index in [4.69, 9.17) is 10.8 Å². The highest BCUT2D eigenvalue weighted by molar-refractivity contribution is 5.89. The van der Waals surface area contributed by atoms with Crippen molar-refractivity contribution >= 4 is 29.6 Å². The molecule has 0 spiro atoms. The van der Waals surface area contributed by atoms with Crippen LogP contribution in [0.25, 0.3) is 0 Å². The van der Waals surface area contributed by atoms with Gasteiger partial charge in [0.25, 0.3) is 0 Å². The number of nitrogens with two attached hydrogens (primary N) is 1. The Hall–Kier alpha value is -4.45. The molecule has 1 heterocycles. The first kappa shape index (κ1) is 30.1. The van der Waals surface area contributed by atoms with E-state index in [1.807, 2.05) is 0 Å². The predicted molar refractivity (Wildman–Crippen MR) is 145 cm³/mol. The molecule has 3 rings (SSSR count). The van der Waals surface area contributed by atoms with Gasteiger partial charge in [-0.05, 0) is 48.1 Å². The van der Waals surface area contributed by atoms with E-state index in [0.29, 0.717) is 11.1 Å². The highest BCUT2D eigenvalue weighted by Crippen LogP contribution is 2.14. The Morgan fingerprint density at radius 2 is 1.65 bits per heavy atom. The van der Waals surface area contributed by atoms with Crippen molar-refractivity contribution < 1.29 is 34.2 Å². The number of phenolic OH excluding ortho intramolecular Hbond substituents is 1. The van der Waals surface area contributed by atoms with Crippen LogP contribution in [0.1, 0.15) is 42.4 Å². The third kappa shape index (κ3) is 9.70. The van der Waals surface area contributed by atoms with Crippen LogP contribution in [0.2, 0.25) is 0 Å². The van der Waals surface area contributed by atoms with Crippen LogP contribution in [0.3, 0.4) is 0 Å². The summed E-state index contributed by atoms with van der Waals surface area (Å²) in [6.45, 7) is 0.206. The average molecular weight is 554 g/mol. The Morgan fingerprint density at radius 1 is 0.950 bits per heavy atom. The van der Waals surface area contributed by atoms with E-state index in [0.717, 1.165) is 5.56 Å². The van der Waals surface area contributed by atoms with E-state index in [1.165, 1.54) is 12.1 Å². The molecule has 40 heavy (non-hydrogen) atoms. The van der Waals surface area contributed by atoms with E-state index in [-0.39, 0.29) is 63.3 Å². The van der Waals surface area contributed by atoms with Gasteiger partial charge in [-0.15, -0.1) is 0 Å². The molecule has 2 aromatic carbocycles. The number of hydrogen-bond donors (Lipinski definition) is 7. The van der Waals surface area contributed by atoms with Gasteiger partial charge in [0, 0.05) is 32.0 Å². The summed E-state index contributed by atoms with van der Waals surface area (Å²) in [6.07, 6.45) is 0.0873. The summed E-state index contributed by atoms with van der Waals surface area (Å²) in [6, 6.07) is 10.6. The van der Waals surface area contributed by atoms with Gasteiger partial charge >= 0.3 is 5.97 Å². The van der Waals surface area contributed by atoms with Crippen molar-refractivity contribution in [3.63, 3.8) is 0 Å². The highest BCUT2D eigenvalue weighted by Gasteiger charge is 2.26. The number of carboxylic acids is 1. The number of carbonyl (C=O) groups is 5. The van der Waals surface area contributed by atoms with Crippen LogP contribution in [0.4, 0.5) is 0 Å². The Bertz CT molecular complexity index is 1220. The predicted octanol–water partition coefficient (Wildman–Crippen LogP) is -0.135. The maximum Gasteiger partial charge on any atom is 0.307 e. The zero-order chi connectivity index (χ0) is 29.1. The summed E-state index contributed by atoms with van der Waals surface area (Å²) in [5, 5.41) is 29.6. The quantitative estimate of drug-likeness (QED) is 0.246. The number of amides is 4. The largest absolute Gasteiger partial charge is 0.508 e. The second-order valence-corrected chi connectivity index (χ2v) is 9.74. The van der Waals surface area contributed by atoms with Gasteiger partial charge in [-0.1, -0.05) is 36.4 Å². The van der Waals surface area contributed by atoms with Crippen molar-refractivity contribution in [2.75, 3.05) is 6.54 Å². The van der Waals surface area contributed by atoms with Crippen LogP contribution in [0, 0.1) is 0 Å². The van der Waals surface area contributed by atoms with Gasteiger partial charge in [-0.3, -0.25) is 24.0 Å². The molecule has 0 aromatic heterocycles. The number of carbonyl (C=O) groups excluding carboxylic acids is 4. The third-order valence-corrected chi connectivity index (χ3v) is 6.54. The molecule has 0 unspecified atom stereocenters. The minimum atomic E-state index is -1.04. The fourth-order valence-corrected chi connectivity index (χ4v) is 4.38. The van der Waals surface area contributed by atoms with Crippen LogP contribution in [-0.4, -0.2) is 64.5 Å². The Kier molecular flexibility index (Phi) is 11.0. The number of hydrogen-bond acceptors (Lipinski definition) is 7. The van der Waals surface area contributed by atoms with E-state index in [9.17, 15) is 29.1 Å². The van der Waals surface area contributed by atoms with Crippen molar-refractivity contribution in [2.24, 2.45) is 5.73 Å². The number of rotatable bonds is 7. The number of carboxylic acid groups (broad SMARTS) is 1. The van der Waals surface area contributed by atoms with Crippen molar-refractivity contribution in [1.29, 1.82) is 0 Å². The standard InChI is InChI=1S/C28H35N5O7/c29-22-11-12-30-24(35)10-9-23(28(40)31-16-19-4-2-1-3-18(19)14-26(37)38)33-25(36)15-20(32-27(22)39)13-17-5-7-21(34)8-6-17/h1-8,20,22-23,34H,9-16,29H2,(H,30,35)(H,31,40)(H,32,39)(H,33,36)(H,37,38)/t20-,22-,23-/m0/s1. The molecule has 0 bridgehead atoms. The van der Waals surface area contributed by atoms with Gasteiger partial charge < -0.3 is 37.2 Å². The van der Waals surface area contributed by atoms with Crippen LogP contribution in [-0.2, 0) is 43.4 Å². The zero-order valence-electron chi connectivity index (χ0n) is 22.0. The molecule has 0 saturated carbocycles. The fourth-order valence-electron chi connectivity index (χ4n) is 4.38. The molecule has 4 amide bonds. The molecular weight excluding hydrogens is 518 g/mol. The second kappa shape index (κ2) is 14.6. The first-order valence-corrected chi connectivity index (χ1v) is 13.1. The first-order valence-electron chi connectivity index (χ1n) is 13.1. The summed E-state index contributed by atoms with van der Waals surface area (Å²) in [5.41, 5.74) is 7.93. The summed E-state index contributed by atoms with van der Waals surface area (Å²) < 4.78 is 0. The van der Waals surface area contributed by atoms with E-state index < -0.39 is 41.8 Å². The second-order valence-electron chi connectivity index (χ2n) is 9.74. The molecule has 214 valence electrons. The molecule has 1 aliphatic heterocycles. The third-order valence-electron chi connectivity index (χ3n) is 6.54. The van der Waals surface area contributed by atoms with Crippen LogP contribution >= 0.6 is 0 Å². The monoisotopic (exact) mass is 553 g/mol. The zero-order valence-corrected chi connectivity index (χ0v) is 22.0. The van der Waals surface area contributed by atoms with E-state index in [1.54, 1.807) is 36.4 Å². The molecular formula is C28H35N5O7. The Morgan fingerprint density at radius 3 is 2.35 bits per heavy atom. The number of nitrogens with one attached hydrogen (secondary N) is 4.